The third-order valence-electron chi connectivity index (χ3n) is 3.40. The smallest absolute Gasteiger partial charge is 0.375 e. The molecule has 0 aromatic heterocycles. The van der Waals surface area contributed by atoms with Gasteiger partial charge in [0.2, 0.25) is 0 Å². The fourth-order valence-electron chi connectivity index (χ4n) is 2.64. The molecule has 0 radical (unpaired) electrons. The third-order valence-corrected chi connectivity index (χ3v) is 6.74. The van der Waals surface area contributed by atoms with Gasteiger partial charge in [0.15, 0.2) is 5.22 Å². The van der Waals surface area contributed by atoms with Crippen LogP contribution in [0.4, 0.5) is 0 Å². The molecular weight excluding hydrogens is 200 g/mol. The van der Waals surface area contributed by atoms with E-state index >= 15 is 0 Å². The standard InChI is InChI=1S/C9H18O4Si/c1-10-14(11-2,12-3)9-7-5-4-6-8(9)13-9/h8H,4-7H2,1-3H3. The van der Waals surface area contributed by atoms with Crippen LogP contribution in [0.2, 0.25) is 0 Å². The SMILES string of the molecule is CO[Si](OC)(OC)C12CCCCC1O2. The summed E-state index contributed by atoms with van der Waals surface area (Å²) in [5, 5.41) is -0.219. The Bertz CT molecular complexity index is 211. The molecule has 1 aliphatic carbocycles. The lowest BCUT2D eigenvalue weighted by Crippen LogP contribution is -2.58. The third kappa shape index (κ3) is 1.20. The summed E-state index contributed by atoms with van der Waals surface area (Å²) in [7, 11) is 2.37. The molecule has 0 aromatic carbocycles. The van der Waals surface area contributed by atoms with Gasteiger partial charge in [0.1, 0.15) is 0 Å². The normalized spacial score (nSPS) is 36.6. The number of ether oxygens (including phenoxy) is 1. The predicted octanol–water partition coefficient (Wildman–Crippen LogP) is 1.12. The Balaban J connectivity index is 2.19. The van der Waals surface area contributed by atoms with Gasteiger partial charge < -0.3 is 18.0 Å². The van der Waals surface area contributed by atoms with E-state index in [0.717, 1.165) is 12.8 Å². The van der Waals surface area contributed by atoms with E-state index in [9.17, 15) is 0 Å². The van der Waals surface area contributed by atoms with Crippen molar-refractivity contribution in [3.05, 3.63) is 0 Å². The van der Waals surface area contributed by atoms with E-state index in [2.05, 4.69) is 0 Å². The first-order valence-electron chi connectivity index (χ1n) is 5.08. The van der Waals surface area contributed by atoms with Gasteiger partial charge in [0, 0.05) is 21.3 Å². The lowest BCUT2D eigenvalue weighted by Gasteiger charge is -2.32. The van der Waals surface area contributed by atoms with Gasteiger partial charge in [0.05, 0.1) is 6.10 Å². The number of hydrogen-bond acceptors (Lipinski definition) is 4. The van der Waals surface area contributed by atoms with Gasteiger partial charge in [-0.25, -0.2) is 0 Å². The van der Waals surface area contributed by atoms with E-state index in [4.69, 9.17) is 18.0 Å². The average Bonchev–Trinajstić information content (AvgIpc) is 2.97. The maximum atomic E-state index is 5.79. The fraction of sp³-hybridized carbons (Fsp3) is 1.00. The molecule has 4 nitrogen and oxygen atoms in total. The summed E-state index contributed by atoms with van der Waals surface area (Å²) in [5.41, 5.74) is 0. The predicted molar refractivity (Wildman–Crippen MR) is 52.9 cm³/mol. The monoisotopic (exact) mass is 218 g/mol. The molecule has 0 aromatic rings. The average molecular weight is 218 g/mol. The van der Waals surface area contributed by atoms with Gasteiger partial charge in [-0.05, 0) is 12.8 Å². The highest BCUT2D eigenvalue weighted by atomic mass is 28.4. The second-order valence-electron chi connectivity index (χ2n) is 3.91. The highest BCUT2D eigenvalue weighted by Gasteiger charge is 2.76. The van der Waals surface area contributed by atoms with E-state index in [0.29, 0.717) is 6.10 Å². The Morgan fingerprint density at radius 2 is 1.79 bits per heavy atom. The summed E-state index contributed by atoms with van der Waals surface area (Å²) in [5.74, 6) is 0. The maximum Gasteiger partial charge on any atom is 0.536 e. The largest absolute Gasteiger partial charge is 0.536 e. The molecule has 0 spiro atoms. The molecule has 1 saturated heterocycles. The molecule has 2 atom stereocenters. The second kappa shape index (κ2) is 3.57. The molecule has 1 saturated carbocycles. The minimum Gasteiger partial charge on any atom is -0.375 e. The topological polar surface area (TPSA) is 40.2 Å². The summed E-state index contributed by atoms with van der Waals surface area (Å²) < 4.78 is 22.3. The number of hydrogen-bond donors (Lipinski definition) is 0. The van der Waals surface area contributed by atoms with Crippen molar-refractivity contribution in [2.75, 3.05) is 21.3 Å². The molecule has 2 fully saturated rings. The van der Waals surface area contributed by atoms with Gasteiger partial charge in [-0.1, -0.05) is 12.8 Å². The Hall–Kier alpha value is 0.0569. The van der Waals surface area contributed by atoms with Crippen LogP contribution in [0, 0.1) is 0 Å². The maximum absolute atomic E-state index is 5.79. The zero-order chi connectivity index (χ0) is 10.2. The summed E-state index contributed by atoms with van der Waals surface area (Å²) in [6, 6.07) is 0. The van der Waals surface area contributed by atoms with Crippen molar-refractivity contribution in [3.8, 4) is 0 Å². The molecule has 5 heteroatoms. The fourth-order valence-corrected chi connectivity index (χ4v) is 5.48. The molecular formula is C9H18O4Si. The zero-order valence-corrected chi connectivity index (χ0v) is 10.0. The Labute approximate surface area is 85.9 Å². The summed E-state index contributed by atoms with van der Waals surface area (Å²) >= 11 is 0. The first-order valence-corrected chi connectivity index (χ1v) is 6.80. The molecule has 0 amide bonds. The molecule has 82 valence electrons. The first kappa shape index (κ1) is 10.6. The van der Waals surface area contributed by atoms with Crippen molar-refractivity contribution in [2.24, 2.45) is 0 Å². The van der Waals surface area contributed by atoms with Gasteiger partial charge in [-0.3, -0.25) is 0 Å². The minimum absolute atomic E-state index is 0.219. The number of epoxide rings is 1. The molecule has 14 heavy (non-hydrogen) atoms. The van der Waals surface area contributed by atoms with Crippen LogP contribution in [0.15, 0.2) is 0 Å². The van der Waals surface area contributed by atoms with Gasteiger partial charge in [-0.15, -0.1) is 0 Å². The molecule has 2 rings (SSSR count). The summed E-state index contributed by atoms with van der Waals surface area (Å²) in [6.07, 6.45) is 4.86. The number of fused-ring (bicyclic) bond motifs is 1. The van der Waals surface area contributed by atoms with E-state index in [1.54, 1.807) is 21.3 Å². The van der Waals surface area contributed by atoms with E-state index < -0.39 is 8.80 Å². The van der Waals surface area contributed by atoms with Crippen LogP contribution in [0.5, 0.6) is 0 Å². The van der Waals surface area contributed by atoms with Crippen LogP contribution in [0.3, 0.4) is 0 Å². The van der Waals surface area contributed by atoms with E-state index in [-0.39, 0.29) is 5.22 Å². The van der Waals surface area contributed by atoms with Crippen LogP contribution in [-0.4, -0.2) is 41.5 Å². The highest BCUT2D eigenvalue weighted by Crippen LogP contribution is 2.53. The Kier molecular flexibility index (Phi) is 2.70. The number of rotatable bonds is 4. The lowest BCUT2D eigenvalue weighted by molar-refractivity contribution is 0.0837. The van der Waals surface area contributed by atoms with E-state index in [1.807, 2.05) is 0 Å². The molecule has 1 aliphatic heterocycles. The van der Waals surface area contributed by atoms with Crippen molar-refractivity contribution >= 4 is 8.80 Å². The summed E-state index contributed by atoms with van der Waals surface area (Å²) in [4.78, 5) is 0. The van der Waals surface area contributed by atoms with Crippen molar-refractivity contribution < 1.29 is 18.0 Å². The van der Waals surface area contributed by atoms with Crippen molar-refractivity contribution in [2.45, 2.75) is 37.0 Å². The molecule has 0 bridgehead atoms. The Morgan fingerprint density at radius 3 is 2.29 bits per heavy atom. The molecule has 1 heterocycles. The molecule has 2 unspecified atom stereocenters. The quantitative estimate of drug-likeness (QED) is 0.523. The molecule has 2 aliphatic rings. The van der Waals surface area contributed by atoms with Crippen LogP contribution in [0.25, 0.3) is 0 Å². The second-order valence-corrected chi connectivity index (χ2v) is 7.09. The van der Waals surface area contributed by atoms with Crippen LogP contribution >= 0.6 is 0 Å². The van der Waals surface area contributed by atoms with E-state index in [1.165, 1.54) is 12.8 Å². The van der Waals surface area contributed by atoms with Gasteiger partial charge in [0.25, 0.3) is 0 Å². The van der Waals surface area contributed by atoms with Crippen LogP contribution in [0.1, 0.15) is 25.7 Å². The van der Waals surface area contributed by atoms with Crippen LogP contribution < -0.4 is 0 Å². The van der Waals surface area contributed by atoms with Crippen molar-refractivity contribution in [1.82, 2.24) is 0 Å². The zero-order valence-electron chi connectivity index (χ0n) is 9.04. The van der Waals surface area contributed by atoms with Crippen molar-refractivity contribution in [3.63, 3.8) is 0 Å². The van der Waals surface area contributed by atoms with Crippen molar-refractivity contribution in [1.29, 1.82) is 0 Å². The lowest BCUT2D eigenvalue weighted by atomic mass is 10.0. The Morgan fingerprint density at radius 1 is 1.14 bits per heavy atom. The van der Waals surface area contributed by atoms with Crippen LogP contribution in [-0.2, 0) is 18.0 Å². The minimum atomic E-state index is -2.59. The van der Waals surface area contributed by atoms with Gasteiger partial charge >= 0.3 is 8.80 Å². The molecule has 0 N–H and O–H groups in total. The van der Waals surface area contributed by atoms with Gasteiger partial charge in [-0.2, -0.15) is 0 Å². The first-order chi connectivity index (χ1) is 6.74. The highest BCUT2D eigenvalue weighted by molar-refractivity contribution is 6.65. The summed E-state index contributed by atoms with van der Waals surface area (Å²) in [6.45, 7) is 0.